The summed E-state index contributed by atoms with van der Waals surface area (Å²) in [6.45, 7) is 8.19. The van der Waals surface area contributed by atoms with Crippen molar-refractivity contribution >= 4 is 15.7 Å². The minimum absolute atomic E-state index is 0.0187. The van der Waals surface area contributed by atoms with Crippen molar-refractivity contribution in [1.29, 1.82) is 0 Å². The standard InChI is InChI=1S/C21H23N7O3S/c1-5-27-12-21(24-16(27)4)32(29,30)26-17-6-8-18(9-7-17)31-20-11-19(22-13-23-20)28-15(3)10-14(2)25-28/h6-13,26H,5H2,1-4H3. The fourth-order valence-corrected chi connectivity index (χ4v) is 4.28. The number of rotatable bonds is 7. The normalized spacial score (nSPS) is 11.5. The van der Waals surface area contributed by atoms with E-state index in [0.29, 0.717) is 35.5 Å². The monoisotopic (exact) mass is 453 g/mol. The zero-order valence-corrected chi connectivity index (χ0v) is 19.0. The maximum atomic E-state index is 12.6. The molecule has 0 unspecified atom stereocenters. The number of ether oxygens (including phenoxy) is 1. The second-order valence-electron chi connectivity index (χ2n) is 7.20. The molecule has 4 aromatic rings. The number of aryl methyl sites for hydroxylation is 4. The number of nitrogens with one attached hydrogen (secondary N) is 1. The Hall–Kier alpha value is -3.73. The Bertz CT molecular complexity index is 1360. The molecule has 10 nitrogen and oxygen atoms in total. The summed E-state index contributed by atoms with van der Waals surface area (Å²) >= 11 is 0. The van der Waals surface area contributed by atoms with Crippen LogP contribution >= 0.6 is 0 Å². The van der Waals surface area contributed by atoms with Gasteiger partial charge in [-0.1, -0.05) is 0 Å². The van der Waals surface area contributed by atoms with Crippen LogP contribution < -0.4 is 9.46 Å². The molecular weight excluding hydrogens is 430 g/mol. The highest BCUT2D eigenvalue weighted by Gasteiger charge is 2.19. The molecule has 166 valence electrons. The molecule has 0 aliphatic rings. The van der Waals surface area contributed by atoms with Gasteiger partial charge in [-0.15, -0.1) is 0 Å². The minimum Gasteiger partial charge on any atom is -0.439 e. The molecule has 0 spiro atoms. The number of hydrogen-bond donors (Lipinski definition) is 1. The van der Waals surface area contributed by atoms with Crippen LogP contribution in [-0.2, 0) is 16.6 Å². The van der Waals surface area contributed by atoms with Crippen LogP contribution in [0.25, 0.3) is 5.82 Å². The van der Waals surface area contributed by atoms with Gasteiger partial charge < -0.3 is 9.30 Å². The highest BCUT2D eigenvalue weighted by Crippen LogP contribution is 2.24. The zero-order chi connectivity index (χ0) is 22.9. The van der Waals surface area contributed by atoms with E-state index in [1.54, 1.807) is 46.5 Å². The lowest BCUT2D eigenvalue weighted by molar-refractivity contribution is 0.460. The van der Waals surface area contributed by atoms with Gasteiger partial charge in [-0.05, 0) is 58.0 Å². The van der Waals surface area contributed by atoms with Crippen molar-refractivity contribution in [1.82, 2.24) is 29.3 Å². The number of benzene rings is 1. The lowest BCUT2D eigenvalue weighted by atomic mass is 10.3. The highest BCUT2D eigenvalue weighted by molar-refractivity contribution is 7.92. The number of nitrogens with zero attached hydrogens (tertiary/aromatic N) is 6. The van der Waals surface area contributed by atoms with Crippen LogP contribution in [0, 0.1) is 20.8 Å². The molecule has 0 aliphatic heterocycles. The largest absolute Gasteiger partial charge is 0.439 e. The SMILES string of the molecule is CCn1cc(S(=O)(=O)Nc2ccc(Oc3cc(-n4nc(C)cc4C)ncn3)cc2)nc1C. The topological polar surface area (TPSA) is 117 Å². The second kappa shape index (κ2) is 8.42. The van der Waals surface area contributed by atoms with Gasteiger partial charge in [-0.2, -0.15) is 13.5 Å². The van der Waals surface area contributed by atoms with Crippen molar-refractivity contribution in [2.45, 2.75) is 39.3 Å². The van der Waals surface area contributed by atoms with Crippen LogP contribution in [0.4, 0.5) is 5.69 Å². The molecule has 1 aromatic carbocycles. The number of aromatic nitrogens is 6. The number of hydrogen-bond acceptors (Lipinski definition) is 7. The molecule has 11 heteroatoms. The van der Waals surface area contributed by atoms with Crippen molar-refractivity contribution in [3.63, 3.8) is 0 Å². The lowest BCUT2D eigenvalue weighted by Crippen LogP contribution is -2.13. The van der Waals surface area contributed by atoms with E-state index < -0.39 is 10.0 Å². The van der Waals surface area contributed by atoms with Gasteiger partial charge in [-0.3, -0.25) is 4.72 Å². The molecule has 0 fully saturated rings. The molecule has 0 saturated heterocycles. The molecular formula is C21H23N7O3S. The Morgan fingerprint density at radius 2 is 1.81 bits per heavy atom. The van der Waals surface area contributed by atoms with E-state index in [9.17, 15) is 8.42 Å². The van der Waals surface area contributed by atoms with Gasteiger partial charge >= 0.3 is 0 Å². The molecule has 3 heterocycles. The summed E-state index contributed by atoms with van der Waals surface area (Å²) in [7, 11) is -3.79. The third kappa shape index (κ3) is 4.47. The summed E-state index contributed by atoms with van der Waals surface area (Å²) in [6, 6.07) is 10.2. The second-order valence-corrected chi connectivity index (χ2v) is 8.83. The molecule has 0 radical (unpaired) electrons. The van der Waals surface area contributed by atoms with Gasteiger partial charge in [0.25, 0.3) is 10.0 Å². The Kier molecular flexibility index (Phi) is 5.66. The Balaban J connectivity index is 1.48. The smallest absolute Gasteiger partial charge is 0.280 e. The van der Waals surface area contributed by atoms with E-state index in [-0.39, 0.29) is 5.03 Å². The predicted molar refractivity (Wildman–Crippen MR) is 119 cm³/mol. The summed E-state index contributed by atoms with van der Waals surface area (Å²) in [4.78, 5) is 12.5. The van der Waals surface area contributed by atoms with E-state index in [1.807, 2.05) is 26.8 Å². The molecule has 0 atom stereocenters. The first kappa shape index (κ1) is 21.5. The van der Waals surface area contributed by atoms with Crippen LogP contribution in [0.3, 0.4) is 0 Å². The Morgan fingerprint density at radius 3 is 2.44 bits per heavy atom. The summed E-state index contributed by atoms with van der Waals surface area (Å²) in [5.41, 5.74) is 2.23. The van der Waals surface area contributed by atoms with Crippen molar-refractivity contribution in [3.8, 4) is 17.4 Å². The van der Waals surface area contributed by atoms with Gasteiger partial charge in [0, 0.05) is 30.2 Å². The third-order valence-corrected chi connectivity index (χ3v) is 6.00. The number of anilines is 1. The average Bonchev–Trinajstić information content (AvgIpc) is 3.31. The lowest BCUT2D eigenvalue weighted by Gasteiger charge is -2.09. The maximum absolute atomic E-state index is 12.6. The van der Waals surface area contributed by atoms with E-state index in [1.165, 1.54) is 12.5 Å². The van der Waals surface area contributed by atoms with E-state index in [4.69, 9.17) is 4.74 Å². The van der Waals surface area contributed by atoms with Crippen molar-refractivity contribution in [3.05, 3.63) is 66.1 Å². The molecule has 0 aliphatic carbocycles. The van der Waals surface area contributed by atoms with Gasteiger partial charge in [0.15, 0.2) is 10.8 Å². The van der Waals surface area contributed by atoms with Crippen LogP contribution in [0.5, 0.6) is 11.6 Å². The highest BCUT2D eigenvalue weighted by atomic mass is 32.2. The molecule has 0 bridgehead atoms. The first-order valence-electron chi connectivity index (χ1n) is 9.95. The number of imidazole rings is 1. The predicted octanol–water partition coefficient (Wildman–Crippen LogP) is 3.40. The van der Waals surface area contributed by atoms with E-state index in [2.05, 4.69) is 24.8 Å². The first-order chi connectivity index (χ1) is 15.2. The quantitative estimate of drug-likeness (QED) is 0.456. The third-order valence-electron chi connectivity index (χ3n) is 4.75. The maximum Gasteiger partial charge on any atom is 0.280 e. The minimum atomic E-state index is -3.79. The molecule has 4 rings (SSSR count). The Morgan fingerprint density at radius 1 is 1.06 bits per heavy atom. The van der Waals surface area contributed by atoms with Crippen LogP contribution in [0.15, 0.2) is 53.9 Å². The molecule has 0 amide bonds. The van der Waals surface area contributed by atoms with Crippen molar-refractivity contribution < 1.29 is 13.2 Å². The Labute approximate surface area is 186 Å². The summed E-state index contributed by atoms with van der Waals surface area (Å²) in [5, 5.41) is 4.39. The molecule has 1 N–H and O–H groups in total. The van der Waals surface area contributed by atoms with Crippen molar-refractivity contribution in [2.24, 2.45) is 0 Å². The van der Waals surface area contributed by atoms with Crippen LogP contribution in [0.2, 0.25) is 0 Å². The van der Waals surface area contributed by atoms with Crippen LogP contribution in [-0.4, -0.2) is 37.7 Å². The summed E-state index contributed by atoms with van der Waals surface area (Å²) in [5.74, 6) is 2.07. The fourth-order valence-electron chi connectivity index (χ4n) is 3.21. The fraction of sp³-hybridized carbons (Fsp3) is 0.238. The zero-order valence-electron chi connectivity index (χ0n) is 18.1. The van der Waals surface area contributed by atoms with Gasteiger partial charge in [-0.25, -0.2) is 19.6 Å². The molecule has 32 heavy (non-hydrogen) atoms. The van der Waals surface area contributed by atoms with Gasteiger partial charge in [0.05, 0.1) is 5.69 Å². The van der Waals surface area contributed by atoms with Crippen LogP contribution in [0.1, 0.15) is 24.1 Å². The summed E-state index contributed by atoms with van der Waals surface area (Å²) < 4.78 is 37.1. The van der Waals surface area contributed by atoms with E-state index >= 15 is 0 Å². The number of sulfonamides is 1. The summed E-state index contributed by atoms with van der Waals surface area (Å²) in [6.07, 6.45) is 2.92. The van der Waals surface area contributed by atoms with Gasteiger partial charge in [0.1, 0.15) is 17.9 Å². The molecule has 3 aromatic heterocycles. The first-order valence-corrected chi connectivity index (χ1v) is 11.4. The van der Waals surface area contributed by atoms with Gasteiger partial charge in [0.2, 0.25) is 5.88 Å². The van der Waals surface area contributed by atoms with E-state index in [0.717, 1.165) is 11.4 Å². The van der Waals surface area contributed by atoms with Crippen molar-refractivity contribution in [2.75, 3.05) is 4.72 Å². The molecule has 0 saturated carbocycles. The average molecular weight is 454 g/mol.